The number of amides is 1. The van der Waals surface area contributed by atoms with Gasteiger partial charge < -0.3 is 20.1 Å². The van der Waals surface area contributed by atoms with Crippen LogP contribution in [0.2, 0.25) is 0 Å². The minimum Gasteiger partial charge on any atom is -0.423 e. The highest BCUT2D eigenvalue weighted by Gasteiger charge is 2.12. The van der Waals surface area contributed by atoms with Crippen molar-refractivity contribution in [2.75, 3.05) is 19.0 Å². The zero-order chi connectivity index (χ0) is 11.3. The number of aromatic nitrogens is 1. The molecular weight excluding hydrogens is 199 g/mol. The Bertz CT molecular complexity index is 345. The minimum absolute atomic E-state index is 0.0758. The first kappa shape index (κ1) is 11.6. The Labute approximate surface area is 87.1 Å². The van der Waals surface area contributed by atoms with E-state index >= 15 is 0 Å². The number of hydrogen-bond donors (Lipinski definition) is 3. The summed E-state index contributed by atoms with van der Waals surface area (Å²) in [5.41, 5.74) is 0.262. The van der Waals surface area contributed by atoms with Gasteiger partial charge in [-0.2, -0.15) is 0 Å². The zero-order valence-electron chi connectivity index (χ0n) is 8.17. The van der Waals surface area contributed by atoms with Crippen LogP contribution in [0.25, 0.3) is 0 Å². The number of methoxy groups -OCH3 is 1. The maximum absolute atomic E-state index is 11.1. The van der Waals surface area contributed by atoms with Crippen molar-refractivity contribution in [1.29, 1.82) is 0 Å². The Hall–Kier alpha value is -1.44. The van der Waals surface area contributed by atoms with Gasteiger partial charge in [0.15, 0.2) is 0 Å². The molecule has 0 unspecified atom stereocenters. The van der Waals surface area contributed by atoms with Crippen LogP contribution in [-0.4, -0.2) is 41.8 Å². The highest BCUT2D eigenvalue weighted by Crippen LogP contribution is 1.98. The predicted octanol–water partition coefficient (Wildman–Crippen LogP) is -1.65. The Morgan fingerprint density at radius 3 is 3.00 bits per heavy atom. The molecule has 0 aliphatic heterocycles. The van der Waals surface area contributed by atoms with Crippen molar-refractivity contribution in [3.8, 4) is 0 Å². The van der Waals surface area contributed by atoms with E-state index in [9.17, 15) is 4.79 Å². The van der Waals surface area contributed by atoms with Crippen LogP contribution in [0.1, 0.15) is 0 Å². The van der Waals surface area contributed by atoms with Crippen LogP contribution in [0.4, 0.5) is 5.82 Å². The fourth-order valence-corrected chi connectivity index (χ4v) is 0.986. The topological polar surface area (TPSA) is 91.7 Å². The summed E-state index contributed by atoms with van der Waals surface area (Å²) >= 11 is 0. The number of hydrogen-bond acceptors (Lipinski definition) is 5. The third-order valence-corrected chi connectivity index (χ3v) is 1.63. The molecule has 15 heavy (non-hydrogen) atoms. The Morgan fingerprint density at radius 2 is 2.40 bits per heavy atom. The molecule has 0 bridgehead atoms. The Kier molecular flexibility index (Phi) is 4.23. The van der Waals surface area contributed by atoms with E-state index in [1.54, 1.807) is 0 Å². The number of carbonyl (C=O) groups excluding carboxylic acids is 1. The molecule has 6 nitrogen and oxygen atoms in total. The lowest BCUT2D eigenvalue weighted by Gasteiger charge is -2.05. The molecule has 3 N–H and O–H groups in total. The molecule has 0 saturated heterocycles. The lowest BCUT2D eigenvalue weighted by Crippen LogP contribution is -2.30. The number of nitrogens with one attached hydrogen (secondary N) is 1. The van der Waals surface area contributed by atoms with Crippen molar-refractivity contribution in [3.63, 3.8) is 0 Å². The van der Waals surface area contributed by atoms with Gasteiger partial charge in [-0.3, -0.25) is 4.79 Å². The molecule has 0 atom stereocenters. The number of rotatable bonds is 4. The average molecular weight is 210 g/mol. The molecule has 0 aliphatic rings. The highest BCUT2D eigenvalue weighted by molar-refractivity contribution is 6.58. The van der Waals surface area contributed by atoms with Crippen LogP contribution in [0.3, 0.4) is 0 Å². The standard InChI is InChI=1S/C8H11BN2O4/c1-15-5-8(12)11-7-4-6(9(13)14)2-3-10-7/h2-4,13-14H,5H2,1H3,(H,10,11,12). The molecule has 0 spiro atoms. The minimum atomic E-state index is -1.58. The van der Waals surface area contributed by atoms with Gasteiger partial charge in [-0.25, -0.2) is 4.98 Å². The van der Waals surface area contributed by atoms with Gasteiger partial charge in [0.2, 0.25) is 0 Å². The molecule has 0 aromatic carbocycles. The number of anilines is 1. The van der Waals surface area contributed by atoms with Crippen LogP contribution in [-0.2, 0) is 9.53 Å². The lowest BCUT2D eigenvalue weighted by molar-refractivity contribution is -0.119. The third-order valence-electron chi connectivity index (χ3n) is 1.63. The second-order valence-corrected chi connectivity index (χ2v) is 2.83. The summed E-state index contributed by atoms with van der Waals surface area (Å²) in [6.45, 7) is -0.0758. The SMILES string of the molecule is COCC(=O)Nc1cc(B(O)O)ccn1. The number of ether oxygens (including phenoxy) is 1. The van der Waals surface area contributed by atoms with Crippen LogP contribution >= 0.6 is 0 Å². The van der Waals surface area contributed by atoms with Crippen LogP contribution in [0.5, 0.6) is 0 Å². The van der Waals surface area contributed by atoms with Crippen LogP contribution in [0, 0.1) is 0 Å². The summed E-state index contributed by atoms with van der Waals surface area (Å²) in [4.78, 5) is 14.9. The maximum atomic E-state index is 11.1. The molecule has 80 valence electrons. The van der Waals surface area contributed by atoms with Crippen molar-refractivity contribution in [2.24, 2.45) is 0 Å². The van der Waals surface area contributed by atoms with Gasteiger partial charge in [0.1, 0.15) is 12.4 Å². The molecule has 0 fully saturated rings. The van der Waals surface area contributed by atoms with Crippen LogP contribution < -0.4 is 10.8 Å². The van der Waals surface area contributed by atoms with E-state index < -0.39 is 7.12 Å². The molecular formula is C8H11BN2O4. The van der Waals surface area contributed by atoms with E-state index in [1.165, 1.54) is 25.4 Å². The zero-order valence-corrected chi connectivity index (χ0v) is 8.17. The Balaban J connectivity index is 2.69. The first-order valence-electron chi connectivity index (χ1n) is 4.24. The Morgan fingerprint density at radius 1 is 1.67 bits per heavy atom. The summed E-state index contributed by atoms with van der Waals surface area (Å²) in [6, 6.07) is 2.81. The maximum Gasteiger partial charge on any atom is 0.488 e. The van der Waals surface area contributed by atoms with Crippen molar-refractivity contribution < 1.29 is 19.6 Å². The van der Waals surface area contributed by atoms with E-state index in [4.69, 9.17) is 10.0 Å². The van der Waals surface area contributed by atoms with Crippen molar-refractivity contribution >= 4 is 24.3 Å². The van der Waals surface area contributed by atoms with Gasteiger partial charge in [-0.1, -0.05) is 0 Å². The molecule has 7 heteroatoms. The summed E-state index contributed by atoms with van der Waals surface area (Å²) in [5, 5.41) is 20.2. The van der Waals surface area contributed by atoms with E-state index in [1.807, 2.05) is 0 Å². The van der Waals surface area contributed by atoms with E-state index in [0.29, 0.717) is 0 Å². The van der Waals surface area contributed by atoms with Crippen molar-refractivity contribution in [1.82, 2.24) is 4.98 Å². The number of pyridine rings is 1. The summed E-state index contributed by atoms with van der Waals surface area (Å²) in [6.07, 6.45) is 1.37. The molecule has 0 saturated carbocycles. The van der Waals surface area contributed by atoms with E-state index in [0.717, 1.165) is 0 Å². The summed E-state index contributed by atoms with van der Waals surface area (Å²) in [5.74, 6) is -0.0998. The molecule has 1 rings (SSSR count). The molecule has 1 heterocycles. The van der Waals surface area contributed by atoms with Crippen molar-refractivity contribution in [3.05, 3.63) is 18.3 Å². The second kappa shape index (κ2) is 5.45. The van der Waals surface area contributed by atoms with E-state index in [2.05, 4.69) is 15.0 Å². The number of nitrogens with zero attached hydrogens (tertiary/aromatic N) is 1. The number of carbonyl (C=O) groups is 1. The van der Waals surface area contributed by atoms with Gasteiger partial charge in [0, 0.05) is 13.3 Å². The molecule has 0 radical (unpaired) electrons. The first-order chi connectivity index (χ1) is 7.13. The third kappa shape index (κ3) is 3.66. The van der Waals surface area contributed by atoms with Crippen LogP contribution in [0.15, 0.2) is 18.3 Å². The van der Waals surface area contributed by atoms with Gasteiger partial charge >= 0.3 is 7.12 Å². The second-order valence-electron chi connectivity index (χ2n) is 2.83. The van der Waals surface area contributed by atoms with Gasteiger partial charge in [0.25, 0.3) is 5.91 Å². The van der Waals surface area contributed by atoms with Gasteiger partial charge in [-0.15, -0.1) is 0 Å². The summed E-state index contributed by atoms with van der Waals surface area (Å²) < 4.78 is 4.61. The highest BCUT2D eigenvalue weighted by atomic mass is 16.5. The molecule has 1 aromatic heterocycles. The van der Waals surface area contributed by atoms with Gasteiger partial charge in [0.05, 0.1) is 0 Å². The quantitative estimate of drug-likeness (QED) is 0.517. The normalized spacial score (nSPS) is 9.80. The first-order valence-corrected chi connectivity index (χ1v) is 4.24. The fraction of sp³-hybridized carbons (Fsp3) is 0.250. The largest absolute Gasteiger partial charge is 0.488 e. The van der Waals surface area contributed by atoms with E-state index in [-0.39, 0.29) is 23.8 Å². The van der Waals surface area contributed by atoms with Crippen molar-refractivity contribution in [2.45, 2.75) is 0 Å². The smallest absolute Gasteiger partial charge is 0.423 e. The average Bonchev–Trinajstić information content (AvgIpc) is 2.18. The lowest BCUT2D eigenvalue weighted by atomic mass is 9.81. The molecule has 1 aromatic rings. The van der Waals surface area contributed by atoms with Gasteiger partial charge in [-0.05, 0) is 17.6 Å². The predicted molar refractivity (Wildman–Crippen MR) is 54.6 cm³/mol. The molecule has 1 amide bonds. The fourth-order valence-electron chi connectivity index (χ4n) is 0.986. The molecule has 0 aliphatic carbocycles. The summed E-state index contributed by atoms with van der Waals surface area (Å²) in [7, 11) is -0.174. The monoisotopic (exact) mass is 210 g/mol.